The number of likely N-dealkylation sites (N-methyl/N-ethyl adjacent to an activating group) is 1. The van der Waals surface area contributed by atoms with Crippen molar-refractivity contribution in [2.75, 3.05) is 64.6 Å². The first-order valence-electron chi connectivity index (χ1n) is 20.4. The molecule has 5 heterocycles. The van der Waals surface area contributed by atoms with Crippen molar-refractivity contribution in [3.63, 3.8) is 0 Å². The number of nitrogens with two attached hydrogens (primary N) is 2. The summed E-state index contributed by atoms with van der Waals surface area (Å²) >= 11 is 0. The van der Waals surface area contributed by atoms with Crippen LogP contribution >= 0.6 is 0 Å². The van der Waals surface area contributed by atoms with E-state index >= 15 is 0 Å². The maximum absolute atomic E-state index is 12.9. The molecule has 310 valence electrons. The summed E-state index contributed by atoms with van der Waals surface area (Å²) in [5.41, 5.74) is 18.6. The van der Waals surface area contributed by atoms with Crippen LogP contribution in [0.3, 0.4) is 0 Å². The number of allylic oxidation sites excluding steroid dienone is 1. The van der Waals surface area contributed by atoms with Gasteiger partial charge in [0, 0.05) is 82.2 Å². The first-order valence-corrected chi connectivity index (χ1v) is 20.4. The molecule has 2 saturated carbocycles. The van der Waals surface area contributed by atoms with Gasteiger partial charge in [0.15, 0.2) is 6.29 Å². The molecule has 3 aliphatic heterocycles. The number of carbonyl (C=O) groups is 3. The predicted octanol–water partition coefficient (Wildman–Crippen LogP) is 2.48. The minimum absolute atomic E-state index is 0.00862. The lowest BCUT2D eigenvalue weighted by Crippen LogP contribution is -2.60. The van der Waals surface area contributed by atoms with Gasteiger partial charge in [-0.2, -0.15) is 5.10 Å². The molecule has 2 saturated heterocycles. The zero-order chi connectivity index (χ0) is 42.4. The summed E-state index contributed by atoms with van der Waals surface area (Å²) < 4.78 is 7.23. The van der Waals surface area contributed by atoms with Crippen molar-refractivity contribution >= 4 is 45.5 Å². The maximum atomic E-state index is 12.9. The van der Waals surface area contributed by atoms with Crippen molar-refractivity contribution in [1.82, 2.24) is 35.2 Å². The van der Waals surface area contributed by atoms with Gasteiger partial charge in [-0.3, -0.25) is 14.3 Å². The van der Waals surface area contributed by atoms with Gasteiger partial charge in [-0.25, -0.2) is 4.98 Å². The maximum Gasteiger partial charge on any atom is 0.269 e. The van der Waals surface area contributed by atoms with E-state index in [1.807, 2.05) is 23.2 Å². The molecule has 2 atom stereocenters. The van der Waals surface area contributed by atoms with Crippen LogP contribution in [0.25, 0.3) is 11.1 Å². The Bertz CT molecular complexity index is 2040. The molecule has 3 aromatic rings. The molecule has 2 aromatic heterocycles. The van der Waals surface area contributed by atoms with Crippen LogP contribution in [0.2, 0.25) is 0 Å². The van der Waals surface area contributed by atoms with E-state index in [1.165, 1.54) is 13.0 Å². The van der Waals surface area contributed by atoms with Crippen LogP contribution in [0, 0.1) is 5.92 Å². The number of para-hydroxylation sites is 1. The number of ether oxygens (including phenoxy) is 1. The normalized spacial score (nSPS) is 21.0. The minimum Gasteiger partial charge on any atom is -0.393 e. The number of hydrogen-bond acceptors (Lipinski definition) is 13. The number of likely N-dealkylation sites (tertiary alicyclic amines) is 2. The third-order valence-electron chi connectivity index (χ3n) is 11.5. The summed E-state index contributed by atoms with van der Waals surface area (Å²) in [6, 6.07) is 11.3. The highest BCUT2D eigenvalue weighted by molar-refractivity contribution is 6.39. The lowest BCUT2D eigenvalue weighted by Gasteiger charge is -2.50. The molecule has 0 bridgehead atoms. The molecule has 4 fully saturated rings. The number of fused-ring (bicyclic) bond motifs is 3. The number of anilines is 2. The Morgan fingerprint density at radius 3 is 2.31 bits per heavy atom. The highest BCUT2D eigenvalue weighted by Crippen LogP contribution is 2.50. The number of pyridine rings is 1. The Kier molecular flexibility index (Phi) is 13.9. The first-order chi connectivity index (χ1) is 28.3. The third kappa shape index (κ3) is 10.0. The standard InChI is InChI=1S/C32H38B2N10O2.C6H13NO.C4H6O/c1-4-25-30-22(14-38-44(30)20-15-43(16-20)32(33,34)26-10-5-7-19(17-45)39-26)21-8-6-9-23(29(21)42(25)3)41-24(13-27(35)37-2)28(36)31(46)40-18-11-12-18;1-7-4-3-6(5-7)8-2;5-3-4-1-2-4/h5-10,13-14,17-18,20,25,37,41H,4,11-12,15-16,35-36H2,1-3H3,(H,40,46);6H,3-5H2,1-2H3;3-4H,1-2H2/b27-13+,28-24+;;. The zero-order valence-electron chi connectivity index (χ0n) is 34.9. The number of amides is 1. The second kappa shape index (κ2) is 18.9. The van der Waals surface area contributed by atoms with Crippen molar-refractivity contribution in [1.29, 1.82) is 0 Å². The number of carbonyl (C=O) groups excluding carboxylic acids is 3. The number of aromatic nitrogens is 3. The molecule has 5 aliphatic rings. The highest BCUT2D eigenvalue weighted by atomic mass is 16.5. The Morgan fingerprint density at radius 1 is 1.02 bits per heavy atom. The van der Waals surface area contributed by atoms with Crippen molar-refractivity contribution in [3.8, 4) is 11.1 Å². The summed E-state index contributed by atoms with van der Waals surface area (Å²) in [4.78, 5) is 44.5. The van der Waals surface area contributed by atoms with Crippen LogP contribution in [0.15, 0.2) is 65.9 Å². The largest absolute Gasteiger partial charge is 0.393 e. The van der Waals surface area contributed by atoms with Crippen molar-refractivity contribution < 1.29 is 19.1 Å². The topological polar surface area (TPSA) is 189 Å². The fraction of sp³-hybridized carbons (Fsp3) is 0.500. The average molecular weight is 802 g/mol. The van der Waals surface area contributed by atoms with E-state index in [9.17, 15) is 14.4 Å². The predicted molar refractivity (Wildman–Crippen MR) is 232 cm³/mol. The van der Waals surface area contributed by atoms with E-state index in [0.717, 1.165) is 73.1 Å². The molecule has 4 radical (unpaired) electrons. The van der Waals surface area contributed by atoms with Crippen molar-refractivity contribution in [2.24, 2.45) is 17.4 Å². The van der Waals surface area contributed by atoms with E-state index in [4.69, 9.17) is 37.0 Å². The van der Waals surface area contributed by atoms with Gasteiger partial charge in [0.25, 0.3) is 5.91 Å². The third-order valence-corrected chi connectivity index (χ3v) is 11.5. The van der Waals surface area contributed by atoms with Gasteiger partial charge in [0.05, 0.1) is 68.7 Å². The molecule has 0 spiro atoms. The smallest absolute Gasteiger partial charge is 0.269 e. The molecule has 1 amide bonds. The quantitative estimate of drug-likeness (QED) is 0.0735. The van der Waals surface area contributed by atoms with Gasteiger partial charge in [-0.1, -0.05) is 25.1 Å². The van der Waals surface area contributed by atoms with Crippen LogP contribution < -0.4 is 32.3 Å². The fourth-order valence-corrected chi connectivity index (χ4v) is 7.55. The summed E-state index contributed by atoms with van der Waals surface area (Å²) in [7, 11) is 20.8. The Labute approximate surface area is 350 Å². The van der Waals surface area contributed by atoms with Gasteiger partial charge in [-0.05, 0) is 69.1 Å². The second-order valence-corrected chi connectivity index (χ2v) is 16.0. The number of hydrogen-bond donors (Lipinski definition) is 5. The molecular formula is C42H57B2N11O4. The summed E-state index contributed by atoms with van der Waals surface area (Å²) in [6.07, 6.45) is 12.0. The minimum atomic E-state index is -1.33. The number of rotatable bonds is 13. The molecule has 7 N–H and O–H groups in total. The summed E-state index contributed by atoms with van der Waals surface area (Å²) in [5.74, 6) is 0.479. The molecule has 2 aliphatic carbocycles. The van der Waals surface area contributed by atoms with Gasteiger partial charge in [0.1, 0.15) is 17.7 Å². The Morgan fingerprint density at radius 2 is 1.75 bits per heavy atom. The highest BCUT2D eigenvalue weighted by Gasteiger charge is 2.43. The van der Waals surface area contributed by atoms with Crippen LogP contribution in [0.4, 0.5) is 11.4 Å². The number of nitrogens with zero attached hydrogens (tertiary/aromatic N) is 6. The number of benzene rings is 1. The van der Waals surface area contributed by atoms with Gasteiger partial charge in [0.2, 0.25) is 0 Å². The van der Waals surface area contributed by atoms with E-state index in [0.29, 0.717) is 48.6 Å². The lowest BCUT2D eigenvalue weighted by atomic mass is 9.57. The SMILES string of the molecule is COC1CCN(C)C1.O=CC1CC1.[B]C([B])(c1cccc(C=O)n1)N1CC(n2ncc3c2C(CC)N(C)c2c(NC(/C=C(\N)NC)=C(/N)C(=O)NC4CC4)cccc2-3)C1. The van der Waals surface area contributed by atoms with Gasteiger partial charge >= 0.3 is 0 Å². The molecule has 2 unspecified atom stereocenters. The number of aldehydes is 2. The fourth-order valence-electron chi connectivity index (χ4n) is 7.55. The van der Waals surface area contributed by atoms with E-state index in [-0.39, 0.29) is 35.4 Å². The molecule has 59 heavy (non-hydrogen) atoms. The zero-order valence-corrected chi connectivity index (χ0v) is 34.9. The molecule has 8 rings (SSSR count). The van der Waals surface area contributed by atoms with Crippen LogP contribution in [-0.4, -0.2) is 125 Å². The summed E-state index contributed by atoms with van der Waals surface area (Å²) in [5, 5.41) is 12.8. The van der Waals surface area contributed by atoms with Gasteiger partial charge in [-0.15, -0.1) is 0 Å². The second-order valence-electron chi connectivity index (χ2n) is 16.0. The Balaban J connectivity index is 0.000000381. The molecule has 15 nitrogen and oxygen atoms in total. The average Bonchev–Trinajstić information content (AvgIpc) is 4.15. The van der Waals surface area contributed by atoms with Crippen molar-refractivity contribution in [2.45, 2.75) is 75.0 Å². The number of nitrogens with one attached hydrogen (secondary N) is 3. The summed E-state index contributed by atoms with van der Waals surface area (Å²) in [6.45, 7) is 5.58. The first kappa shape index (κ1) is 43.5. The van der Waals surface area contributed by atoms with Crippen molar-refractivity contribution in [3.05, 3.63) is 83.0 Å². The molecule has 17 heteroatoms. The Hall–Kier alpha value is -5.12. The monoisotopic (exact) mass is 801 g/mol. The van der Waals surface area contributed by atoms with E-state index in [1.54, 1.807) is 38.4 Å². The van der Waals surface area contributed by atoms with Crippen LogP contribution in [0.5, 0.6) is 0 Å². The van der Waals surface area contributed by atoms with Crippen LogP contribution in [0.1, 0.15) is 79.4 Å². The van der Waals surface area contributed by atoms with E-state index in [2.05, 4.69) is 62.5 Å². The van der Waals surface area contributed by atoms with Gasteiger partial charge < -0.3 is 51.6 Å². The lowest BCUT2D eigenvalue weighted by molar-refractivity contribution is -0.117. The number of methoxy groups -OCH3 is 1. The molecule has 1 aromatic carbocycles. The van der Waals surface area contributed by atoms with Crippen LogP contribution in [-0.2, 0) is 19.7 Å². The molecular weight excluding hydrogens is 744 g/mol. The van der Waals surface area contributed by atoms with E-state index < -0.39 is 5.34 Å².